The molecule has 0 aliphatic carbocycles. The third kappa shape index (κ3) is 5.71. The van der Waals surface area contributed by atoms with Crippen LogP contribution in [-0.4, -0.2) is 25.9 Å². The van der Waals surface area contributed by atoms with Crippen LogP contribution in [-0.2, 0) is 12.2 Å². The molecule has 7 heteroatoms. The number of nitrogens with zero attached hydrogens (tertiary/aromatic N) is 3. The van der Waals surface area contributed by atoms with Crippen LogP contribution in [0.4, 0.5) is 0 Å². The highest BCUT2D eigenvalue weighted by Crippen LogP contribution is 2.10. The van der Waals surface area contributed by atoms with E-state index in [2.05, 4.69) is 20.2 Å². The van der Waals surface area contributed by atoms with Crippen molar-refractivity contribution in [3.63, 3.8) is 0 Å². The fraction of sp³-hybridized carbons (Fsp3) is 0.364. The van der Waals surface area contributed by atoms with Crippen LogP contribution in [0, 0.1) is 6.92 Å². The van der Waals surface area contributed by atoms with Crippen LogP contribution in [0.3, 0.4) is 0 Å². The van der Waals surface area contributed by atoms with Gasteiger partial charge in [-0.25, -0.2) is 4.98 Å². The number of nitrogens with one attached hydrogen (secondary N) is 1. The number of halogens is 2. The van der Waals surface area contributed by atoms with E-state index in [0.29, 0.717) is 0 Å². The molecule has 2 rings (SSSR count). The SMILES string of the molecule is Cc1n[nH]c(CCSCc2ccccn2)n1.Cl.Cl. The number of thioether (sulfide) groups is 1. The van der Waals surface area contributed by atoms with E-state index in [9.17, 15) is 0 Å². The predicted octanol–water partition coefficient (Wildman–Crippen LogP) is 2.83. The molecular formula is C11H16Cl2N4S. The Bertz CT molecular complexity index is 436. The summed E-state index contributed by atoms with van der Waals surface area (Å²) in [6, 6.07) is 6.00. The molecule has 0 aromatic carbocycles. The minimum atomic E-state index is 0. The van der Waals surface area contributed by atoms with Crippen LogP contribution in [0.15, 0.2) is 24.4 Å². The summed E-state index contributed by atoms with van der Waals surface area (Å²) in [5.74, 6) is 3.76. The summed E-state index contributed by atoms with van der Waals surface area (Å²) >= 11 is 1.86. The Hall–Kier alpha value is -0.780. The molecule has 0 atom stereocenters. The van der Waals surface area contributed by atoms with Crippen molar-refractivity contribution in [3.8, 4) is 0 Å². The minimum absolute atomic E-state index is 0. The fourth-order valence-electron chi connectivity index (χ4n) is 1.33. The molecule has 0 saturated heterocycles. The zero-order valence-corrected chi connectivity index (χ0v) is 12.4. The second-order valence-corrected chi connectivity index (χ2v) is 4.56. The second kappa shape index (κ2) is 9.19. The Morgan fingerprint density at radius 2 is 2.11 bits per heavy atom. The highest BCUT2D eigenvalue weighted by atomic mass is 35.5. The van der Waals surface area contributed by atoms with E-state index in [-0.39, 0.29) is 24.8 Å². The van der Waals surface area contributed by atoms with Gasteiger partial charge < -0.3 is 0 Å². The van der Waals surface area contributed by atoms with Crippen molar-refractivity contribution in [2.24, 2.45) is 0 Å². The third-order valence-corrected chi connectivity index (χ3v) is 3.10. The average molecular weight is 307 g/mol. The van der Waals surface area contributed by atoms with E-state index in [1.54, 1.807) is 0 Å². The number of aromatic amines is 1. The molecule has 0 amide bonds. The van der Waals surface area contributed by atoms with Crippen LogP contribution in [0.25, 0.3) is 0 Å². The molecule has 0 radical (unpaired) electrons. The van der Waals surface area contributed by atoms with Gasteiger partial charge in [0, 0.05) is 24.1 Å². The molecule has 2 aromatic heterocycles. The molecule has 100 valence electrons. The molecule has 1 N–H and O–H groups in total. The molecule has 0 spiro atoms. The number of aryl methyl sites for hydroxylation is 2. The Balaban J connectivity index is 0.00000144. The summed E-state index contributed by atoms with van der Waals surface area (Å²) in [5.41, 5.74) is 1.13. The first kappa shape index (κ1) is 17.2. The smallest absolute Gasteiger partial charge is 0.147 e. The molecule has 18 heavy (non-hydrogen) atoms. The third-order valence-electron chi connectivity index (χ3n) is 2.10. The molecule has 2 heterocycles. The van der Waals surface area contributed by atoms with Crippen molar-refractivity contribution in [2.75, 3.05) is 5.75 Å². The number of aromatic nitrogens is 4. The molecule has 0 saturated carbocycles. The van der Waals surface area contributed by atoms with Gasteiger partial charge in [0.05, 0.1) is 5.69 Å². The summed E-state index contributed by atoms with van der Waals surface area (Å²) in [6.07, 6.45) is 2.76. The van der Waals surface area contributed by atoms with E-state index in [0.717, 1.165) is 35.3 Å². The van der Waals surface area contributed by atoms with Gasteiger partial charge in [-0.3, -0.25) is 10.1 Å². The summed E-state index contributed by atoms with van der Waals surface area (Å²) < 4.78 is 0. The zero-order chi connectivity index (χ0) is 11.2. The lowest BCUT2D eigenvalue weighted by molar-refractivity contribution is 0.951. The van der Waals surface area contributed by atoms with Gasteiger partial charge in [-0.2, -0.15) is 16.9 Å². The summed E-state index contributed by atoms with van der Waals surface area (Å²) in [6.45, 7) is 1.89. The van der Waals surface area contributed by atoms with E-state index < -0.39 is 0 Å². The summed E-state index contributed by atoms with van der Waals surface area (Å²) in [4.78, 5) is 8.53. The Morgan fingerprint density at radius 1 is 1.28 bits per heavy atom. The molecule has 0 unspecified atom stereocenters. The quantitative estimate of drug-likeness (QED) is 0.863. The lowest BCUT2D eigenvalue weighted by Gasteiger charge is -1.99. The first-order chi connectivity index (χ1) is 7.84. The van der Waals surface area contributed by atoms with Gasteiger partial charge >= 0.3 is 0 Å². The number of rotatable bonds is 5. The maximum Gasteiger partial charge on any atom is 0.147 e. The highest BCUT2D eigenvalue weighted by molar-refractivity contribution is 7.98. The van der Waals surface area contributed by atoms with Gasteiger partial charge in [-0.15, -0.1) is 24.8 Å². The molecule has 2 aromatic rings. The van der Waals surface area contributed by atoms with Gasteiger partial charge in [-0.05, 0) is 19.1 Å². The van der Waals surface area contributed by atoms with Crippen molar-refractivity contribution < 1.29 is 0 Å². The van der Waals surface area contributed by atoms with Crippen LogP contribution < -0.4 is 0 Å². The molecule has 4 nitrogen and oxygen atoms in total. The lowest BCUT2D eigenvalue weighted by atomic mass is 10.4. The maximum atomic E-state index is 4.27. The molecule has 0 aliphatic rings. The summed E-state index contributed by atoms with van der Waals surface area (Å²) in [7, 11) is 0. The highest BCUT2D eigenvalue weighted by Gasteiger charge is 1.99. The van der Waals surface area contributed by atoms with E-state index in [1.165, 1.54) is 0 Å². The van der Waals surface area contributed by atoms with Crippen molar-refractivity contribution in [1.82, 2.24) is 20.2 Å². The van der Waals surface area contributed by atoms with Gasteiger partial charge in [-0.1, -0.05) is 6.07 Å². The van der Waals surface area contributed by atoms with Crippen LogP contribution in [0.5, 0.6) is 0 Å². The topological polar surface area (TPSA) is 54.5 Å². The van der Waals surface area contributed by atoms with Gasteiger partial charge in [0.2, 0.25) is 0 Å². The average Bonchev–Trinajstić information content (AvgIpc) is 2.72. The van der Waals surface area contributed by atoms with Crippen LogP contribution in [0.1, 0.15) is 17.3 Å². The van der Waals surface area contributed by atoms with Gasteiger partial charge in [0.25, 0.3) is 0 Å². The fourth-order valence-corrected chi connectivity index (χ4v) is 2.19. The standard InChI is InChI=1S/C11H14N4S.2ClH/c1-9-13-11(15-14-9)5-7-16-8-10-4-2-3-6-12-10;;/h2-4,6H,5,7-8H2,1H3,(H,13,14,15);2*1H. The van der Waals surface area contributed by atoms with Crippen LogP contribution >= 0.6 is 36.6 Å². The Kier molecular flexibility index (Phi) is 8.79. The van der Waals surface area contributed by atoms with Crippen LogP contribution in [0.2, 0.25) is 0 Å². The number of H-pyrrole nitrogens is 1. The number of pyridine rings is 1. The largest absolute Gasteiger partial charge is 0.263 e. The molecule has 0 fully saturated rings. The number of hydrogen-bond acceptors (Lipinski definition) is 4. The van der Waals surface area contributed by atoms with Crippen molar-refractivity contribution in [1.29, 1.82) is 0 Å². The molecular weight excluding hydrogens is 291 g/mol. The van der Waals surface area contributed by atoms with E-state index in [1.807, 2.05) is 43.1 Å². The van der Waals surface area contributed by atoms with Gasteiger partial charge in [0.15, 0.2) is 0 Å². The maximum absolute atomic E-state index is 4.27. The monoisotopic (exact) mass is 306 g/mol. The zero-order valence-electron chi connectivity index (χ0n) is 10.00. The Labute approximate surface area is 123 Å². The normalized spacial score (nSPS) is 9.39. The minimum Gasteiger partial charge on any atom is -0.263 e. The second-order valence-electron chi connectivity index (χ2n) is 3.45. The van der Waals surface area contributed by atoms with E-state index in [4.69, 9.17) is 0 Å². The van der Waals surface area contributed by atoms with Crippen molar-refractivity contribution in [2.45, 2.75) is 19.1 Å². The van der Waals surface area contributed by atoms with Crippen molar-refractivity contribution in [3.05, 3.63) is 41.7 Å². The summed E-state index contributed by atoms with van der Waals surface area (Å²) in [5, 5.41) is 6.91. The lowest BCUT2D eigenvalue weighted by Crippen LogP contribution is -1.93. The Morgan fingerprint density at radius 3 is 2.72 bits per heavy atom. The van der Waals surface area contributed by atoms with Gasteiger partial charge in [0.1, 0.15) is 11.6 Å². The van der Waals surface area contributed by atoms with E-state index >= 15 is 0 Å². The number of hydrogen-bond donors (Lipinski definition) is 1. The molecule has 0 aliphatic heterocycles. The van der Waals surface area contributed by atoms with Crippen molar-refractivity contribution >= 4 is 36.6 Å². The first-order valence-electron chi connectivity index (χ1n) is 5.20. The first-order valence-corrected chi connectivity index (χ1v) is 6.35. The molecule has 0 bridgehead atoms. The predicted molar refractivity (Wildman–Crippen MR) is 79.7 cm³/mol.